The molecule has 1 N–H and O–H groups in total. The van der Waals surface area contributed by atoms with Crippen LogP contribution in [0.25, 0.3) is 6.08 Å². The number of benzene rings is 2. The standard InChI is InChI=1S/C19H14ClN3O2/c1-12-7-17(18(25-2)9-16(12)20)23-19(24)15(11-22)8-13-3-5-14(10-21)6-4-13/h3-9H,1-2H3,(H,23,24)/b15-8+. The Bertz CT molecular complexity index is 919. The zero-order valence-electron chi connectivity index (χ0n) is 13.6. The molecule has 0 aromatic heterocycles. The topological polar surface area (TPSA) is 85.9 Å². The third kappa shape index (κ3) is 4.38. The first-order valence-electron chi connectivity index (χ1n) is 7.26. The predicted octanol–water partition coefficient (Wildman–Crippen LogP) is 4.07. The smallest absolute Gasteiger partial charge is 0.266 e. The summed E-state index contributed by atoms with van der Waals surface area (Å²) in [6, 6.07) is 13.7. The van der Waals surface area contributed by atoms with Crippen molar-refractivity contribution in [1.29, 1.82) is 10.5 Å². The summed E-state index contributed by atoms with van der Waals surface area (Å²) in [5.41, 5.74) is 2.27. The minimum absolute atomic E-state index is 0.0700. The van der Waals surface area contributed by atoms with Crippen molar-refractivity contribution in [3.05, 3.63) is 63.7 Å². The Hall–Kier alpha value is -3.28. The zero-order valence-corrected chi connectivity index (χ0v) is 14.4. The van der Waals surface area contributed by atoms with Crippen LogP contribution in [0.3, 0.4) is 0 Å². The van der Waals surface area contributed by atoms with Crippen LogP contribution in [-0.4, -0.2) is 13.0 Å². The molecule has 0 bridgehead atoms. The van der Waals surface area contributed by atoms with E-state index in [0.717, 1.165) is 5.56 Å². The molecule has 0 saturated heterocycles. The maximum Gasteiger partial charge on any atom is 0.266 e. The number of nitrogens with one attached hydrogen (secondary N) is 1. The molecule has 6 heteroatoms. The molecule has 2 rings (SSSR count). The Morgan fingerprint density at radius 2 is 1.92 bits per heavy atom. The van der Waals surface area contributed by atoms with Crippen molar-refractivity contribution in [2.75, 3.05) is 12.4 Å². The molecule has 0 radical (unpaired) electrons. The van der Waals surface area contributed by atoms with Gasteiger partial charge in [0, 0.05) is 11.1 Å². The molecule has 2 aromatic carbocycles. The summed E-state index contributed by atoms with van der Waals surface area (Å²) in [4.78, 5) is 12.4. The van der Waals surface area contributed by atoms with E-state index in [9.17, 15) is 10.1 Å². The highest BCUT2D eigenvalue weighted by Gasteiger charge is 2.14. The number of amides is 1. The van der Waals surface area contributed by atoms with Crippen molar-refractivity contribution in [2.24, 2.45) is 0 Å². The second kappa shape index (κ2) is 8.01. The quantitative estimate of drug-likeness (QED) is 0.664. The summed E-state index contributed by atoms with van der Waals surface area (Å²) in [6.45, 7) is 1.80. The van der Waals surface area contributed by atoms with Crippen molar-refractivity contribution < 1.29 is 9.53 Å². The lowest BCUT2D eigenvalue weighted by atomic mass is 10.1. The SMILES string of the molecule is COc1cc(Cl)c(C)cc1NC(=O)/C(C#N)=C/c1ccc(C#N)cc1. The van der Waals surface area contributed by atoms with E-state index >= 15 is 0 Å². The van der Waals surface area contributed by atoms with Crippen LogP contribution in [-0.2, 0) is 4.79 Å². The summed E-state index contributed by atoms with van der Waals surface area (Å²) in [6.07, 6.45) is 1.45. The fourth-order valence-corrected chi connectivity index (χ4v) is 2.24. The Balaban J connectivity index is 2.29. The van der Waals surface area contributed by atoms with Crippen molar-refractivity contribution >= 4 is 29.3 Å². The average molecular weight is 352 g/mol. The number of hydrogen-bond acceptors (Lipinski definition) is 4. The van der Waals surface area contributed by atoms with Gasteiger partial charge >= 0.3 is 0 Å². The first-order chi connectivity index (χ1) is 12.0. The van der Waals surface area contributed by atoms with Crippen LogP contribution in [0.2, 0.25) is 5.02 Å². The molecule has 0 saturated carbocycles. The van der Waals surface area contributed by atoms with Gasteiger partial charge in [-0.15, -0.1) is 0 Å². The molecule has 0 heterocycles. The number of methoxy groups -OCH3 is 1. The van der Waals surface area contributed by atoms with Gasteiger partial charge in [-0.05, 0) is 42.3 Å². The molecule has 2 aromatic rings. The lowest BCUT2D eigenvalue weighted by Crippen LogP contribution is -2.14. The molecule has 0 atom stereocenters. The normalized spacial score (nSPS) is 10.5. The van der Waals surface area contributed by atoms with Crippen molar-refractivity contribution in [2.45, 2.75) is 6.92 Å². The van der Waals surface area contributed by atoms with Gasteiger partial charge in [0.15, 0.2) is 0 Å². The molecule has 0 unspecified atom stereocenters. The van der Waals surface area contributed by atoms with Crippen LogP contribution in [0.4, 0.5) is 5.69 Å². The minimum atomic E-state index is -0.563. The van der Waals surface area contributed by atoms with Gasteiger partial charge in [0.1, 0.15) is 17.4 Å². The van der Waals surface area contributed by atoms with Crippen LogP contribution >= 0.6 is 11.6 Å². The predicted molar refractivity (Wildman–Crippen MR) is 96.1 cm³/mol. The lowest BCUT2D eigenvalue weighted by molar-refractivity contribution is -0.112. The Morgan fingerprint density at radius 1 is 1.24 bits per heavy atom. The number of carbonyl (C=O) groups is 1. The molecule has 1 amide bonds. The third-order valence-electron chi connectivity index (χ3n) is 3.44. The molecule has 25 heavy (non-hydrogen) atoms. The molecule has 0 aliphatic carbocycles. The second-order valence-corrected chi connectivity index (χ2v) is 5.57. The fourth-order valence-electron chi connectivity index (χ4n) is 2.09. The van der Waals surface area contributed by atoms with E-state index in [1.54, 1.807) is 43.3 Å². The number of hydrogen-bond donors (Lipinski definition) is 1. The number of halogens is 1. The van der Waals surface area contributed by atoms with Crippen LogP contribution < -0.4 is 10.1 Å². The minimum Gasteiger partial charge on any atom is -0.495 e. The molecular weight excluding hydrogens is 338 g/mol. The van der Waals surface area contributed by atoms with Gasteiger partial charge in [-0.1, -0.05) is 23.7 Å². The Morgan fingerprint density at radius 3 is 2.48 bits per heavy atom. The zero-order chi connectivity index (χ0) is 18.4. The highest BCUT2D eigenvalue weighted by molar-refractivity contribution is 6.31. The lowest BCUT2D eigenvalue weighted by Gasteiger charge is -2.12. The summed E-state index contributed by atoms with van der Waals surface area (Å²) in [7, 11) is 1.47. The summed E-state index contributed by atoms with van der Waals surface area (Å²) in [5, 5.41) is 21.2. The number of rotatable bonds is 4. The molecule has 124 valence electrons. The van der Waals surface area contributed by atoms with Crippen LogP contribution in [0, 0.1) is 29.6 Å². The summed E-state index contributed by atoms with van der Waals surface area (Å²) >= 11 is 6.04. The van der Waals surface area contributed by atoms with Gasteiger partial charge in [-0.3, -0.25) is 4.79 Å². The highest BCUT2D eigenvalue weighted by Crippen LogP contribution is 2.31. The highest BCUT2D eigenvalue weighted by atomic mass is 35.5. The van der Waals surface area contributed by atoms with Gasteiger partial charge in [0.2, 0.25) is 0 Å². The van der Waals surface area contributed by atoms with Gasteiger partial charge in [-0.25, -0.2) is 0 Å². The Labute approximate surface area is 150 Å². The maximum absolute atomic E-state index is 12.4. The first kappa shape index (κ1) is 18.1. The molecule has 0 fully saturated rings. The third-order valence-corrected chi connectivity index (χ3v) is 3.85. The monoisotopic (exact) mass is 351 g/mol. The van der Waals surface area contributed by atoms with Gasteiger partial charge in [-0.2, -0.15) is 10.5 Å². The number of nitrogens with zero attached hydrogens (tertiary/aromatic N) is 2. The van der Waals surface area contributed by atoms with Gasteiger partial charge in [0.25, 0.3) is 5.91 Å². The fraction of sp³-hybridized carbons (Fsp3) is 0.105. The van der Waals surface area contributed by atoms with E-state index in [0.29, 0.717) is 27.6 Å². The largest absolute Gasteiger partial charge is 0.495 e. The first-order valence-corrected chi connectivity index (χ1v) is 7.63. The maximum atomic E-state index is 12.4. The van der Waals surface area contributed by atoms with Gasteiger partial charge in [0.05, 0.1) is 24.4 Å². The van der Waals surface area contributed by atoms with Crippen molar-refractivity contribution in [3.8, 4) is 17.9 Å². The molecule has 0 aliphatic rings. The average Bonchev–Trinajstić information content (AvgIpc) is 2.62. The van der Waals surface area contributed by atoms with E-state index in [4.69, 9.17) is 21.6 Å². The van der Waals surface area contributed by atoms with Crippen LogP contribution in [0.15, 0.2) is 42.0 Å². The van der Waals surface area contributed by atoms with E-state index in [2.05, 4.69) is 5.32 Å². The second-order valence-electron chi connectivity index (χ2n) is 5.16. The summed E-state index contributed by atoms with van der Waals surface area (Å²) < 4.78 is 5.21. The molecule has 0 spiro atoms. The number of aryl methyl sites for hydroxylation is 1. The number of ether oxygens (including phenoxy) is 1. The number of anilines is 1. The molecular formula is C19H14ClN3O2. The van der Waals surface area contributed by atoms with Crippen LogP contribution in [0.5, 0.6) is 5.75 Å². The van der Waals surface area contributed by atoms with Gasteiger partial charge < -0.3 is 10.1 Å². The van der Waals surface area contributed by atoms with Crippen molar-refractivity contribution in [3.63, 3.8) is 0 Å². The van der Waals surface area contributed by atoms with Crippen molar-refractivity contribution in [1.82, 2.24) is 0 Å². The van der Waals surface area contributed by atoms with E-state index < -0.39 is 5.91 Å². The van der Waals surface area contributed by atoms with E-state index in [1.807, 2.05) is 12.1 Å². The number of carbonyl (C=O) groups excluding carboxylic acids is 1. The number of nitriles is 2. The summed E-state index contributed by atoms with van der Waals surface area (Å²) in [5.74, 6) is -0.161. The van der Waals surface area contributed by atoms with E-state index in [1.165, 1.54) is 13.2 Å². The Kier molecular flexibility index (Phi) is 5.79. The molecule has 5 nitrogen and oxygen atoms in total. The van der Waals surface area contributed by atoms with Crippen LogP contribution in [0.1, 0.15) is 16.7 Å². The molecule has 0 aliphatic heterocycles. The van der Waals surface area contributed by atoms with E-state index in [-0.39, 0.29) is 5.57 Å².